The van der Waals surface area contributed by atoms with Gasteiger partial charge in [0.1, 0.15) is 5.56 Å². The maximum absolute atomic E-state index is 14.2. The van der Waals surface area contributed by atoms with Crippen LogP contribution in [0.3, 0.4) is 0 Å². The monoisotopic (exact) mass is 792 g/mol. The second kappa shape index (κ2) is 16.8. The normalized spacial score (nSPS) is 19.8. The van der Waals surface area contributed by atoms with Gasteiger partial charge in [-0.25, -0.2) is 22.0 Å². The Morgan fingerprint density at radius 1 is 0.768 bits per heavy atom. The molecule has 2 fully saturated rings. The summed E-state index contributed by atoms with van der Waals surface area (Å²) in [6.07, 6.45) is 0.369. The third kappa shape index (κ3) is 8.51. The van der Waals surface area contributed by atoms with Gasteiger partial charge in [0, 0.05) is 43.2 Å². The molecule has 13 heteroatoms. The standard InChI is InChI=1S/C43H38ClF5N2O5/c44-32-13-11-31(12-14-32)43(54)15-17-51(18-16-43)23-33-21-34(27-9-7-25(24-52)8-10-27)56-42(55-33)30-6-2-5-29(20-30)28-4-1-3-26(19-28)22-50-41(53)35-36(45)38(47)40(49)39(48)37(35)46/h1-14,19-20,33-34,42,52,54H,15-18,21-24H2,(H,50,53)/t33-,34+,42+/m1/s1. The van der Waals surface area contributed by atoms with Crippen molar-refractivity contribution >= 4 is 17.5 Å². The molecule has 1 amide bonds. The highest BCUT2D eigenvalue weighted by molar-refractivity contribution is 6.30. The Labute approximate surface area is 325 Å². The first-order valence-electron chi connectivity index (χ1n) is 18.1. The molecule has 7 rings (SSSR count). The SMILES string of the molecule is O=C(NCc1cccc(-c2cccc([C@H]3O[C@@H](CN4CCC(O)(c5ccc(Cl)cc5)CC4)C[C@@H](c4ccc(CO)cc4)O3)c2)c1)c1c(F)c(F)c(F)c(F)c1F. The van der Waals surface area contributed by atoms with Crippen molar-refractivity contribution in [3.8, 4) is 11.1 Å². The van der Waals surface area contributed by atoms with E-state index in [1.165, 1.54) is 0 Å². The van der Waals surface area contributed by atoms with E-state index in [0.29, 0.717) is 49.5 Å². The van der Waals surface area contributed by atoms with Crippen molar-refractivity contribution in [2.24, 2.45) is 0 Å². The van der Waals surface area contributed by atoms with Gasteiger partial charge in [-0.2, -0.15) is 0 Å². The fraction of sp³-hybridized carbons (Fsp3) is 0.279. The van der Waals surface area contributed by atoms with Gasteiger partial charge in [-0.15, -0.1) is 0 Å². The van der Waals surface area contributed by atoms with E-state index in [-0.39, 0.29) is 25.4 Å². The van der Waals surface area contributed by atoms with Crippen molar-refractivity contribution in [2.45, 2.75) is 56.5 Å². The molecular weight excluding hydrogens is 755 g/mol. The third-order valence-electron chi connectivity index (χ3n) is 10.5. The van der Waals surface area contributed by atoms with E-state index in [2.05, 4.69) is 10.2 Å². The average molecular weight is 793 g/mol. The van der Waals surface area contributed by atoms with Crippen LogP contribution in [0.5, 0.6) is 0 Å². The number of carbonyl (C=O) groups excluding carboxylic acids is 1. The average Bonchev–Trinajstić information content (AvgIpc) is 3.22. The summed E-state index contributed by atoms with van der Waals surface area (Å²) in [4.78, 5) is 14.8. The van der Waals surface area contributed by atoms with Crippen molar-refractivity contribution in [2.75, 3.05) is 19.6 Å². The molecule has 0 spiro atoms. The van der Waals surface area contributed by atoms with Crippen LogP contribution in [0.15, 0.2) is 97.1 Å². The van der Waals surface area contributed by atoms with Crippen LogP contribution in [0.1, 0.15) is 69.8 Å². The number of nitrogens with one attached hydrogen (secondary N) is 1. The number of ether oxygens (including phenoxy) is 2. The summed E-state index contributed by atoms with van der Waals surface area (Å²) < 4.78 is 82.5. The lowest BCUT2D eigenvalue weighted by Gasteiger charge is -2.42. The van der Waals surface area contributed by atoms with Gasteiger partial charge < -0.3 is 29.9 Å². The molecule has 2 aliphatic rings. The summed E-state index contributed by atoms with van der Waals surface area (Å²) in [6, 6.07) is 29.4. The Morgan fingerprint density at radius 3 is 2.05 bits per heavy atom. The van der Waals surface area contributed by atoms with Crippen LogP contribution < -0.4 is 5.32 Å². The molecule has 3 N–H and O–H groups in total. The first-order valence-corrected chi connectivity index (χ1v) is 18.5. The Morgan fingerprint density at radius 2 is 1.39 bits per heavy atom. The molecule has 0 radical (unpaired) electrons. The van der Waals surface area contributed by atoms with Gasteiger partial charge in [0.05, 0.1) is 24.4 Å². The van der Waals surface area contributed by atoms with Crippen molar-refractivity contribution in [3.05, 3.63) is 165 Å². The lowest BCUT2D eigenvalue weighted by Crippen LogP contribution is -2.46. The maximum atomic E-state index is 14.2. The maximum Gasteiger partial charge on any atom is 0.257 e. The van der Waals surface area contributed by atoms with Crippen LogP contribution in [0, 0.1) is 29.1 Å². The number of piperidine rings is 1. The van der Waals surface area contributed by atoms with Crippen molar-refractivity contribution < 1.29 is 46.4 Å². The minimum Gasteiger partial charge on any atom is -0.392 e. The number of amides is 1. The van der Waals surface area contributed by atoms with Gasteiger partial charge >= 0.3 is 0 Å². The molecule has 0 bridgehead atoms. The Bertz CT molecular complexity index is 2170. The summed E-state index contributed by atoms with van der Waals surface area (Å²) in [5, 5.41) is 23.9. The van der Waals surface area contributed by atoms with Gasteiger partial charge in [-0.05, 0) is 70.5 Å². The molecule has 5 aromatic carbocycles. The summed E-state index contributed by atoms with van der Waals surface area (Å²) in [7, 11) is 0. The molecule has 3 atom stereocenters. The third-order valence-corrected chi connectivity index (χ3v) is 10.7. The predicted octanol–water partition coefficient (Wildman–Crippen LogP) is 8.65. The lowest BCUT2D eigenvalue weighted by molar-refractivity contribution is -0.253. The number of likely N-dealkylation sites (tertiary alicyclic amines) is 1. The molecule has 0 aliphatic carbocycles. The number of halogens is 6. The fourth-order valence-electron chi connectivity index (χ4n) is 7.28. The Hall–Kier alpha value is -4.69. The minimum absolute atomic E-state index is 0.0802. The molecular formula is C43H38ClF5N2O5. The zero-order valence-corrected chi connectivity index (χ0v) is 30.7. The fourth-order valence-corrected chi connectivity index (χ4v) is 7.40. The molecule has 0 unspecified atom stereocenters. The molecule has 0 saturated carbocycles. The molecule has 2 saturated heterocycles. The zero-order chi connectivity index (χ0) is 39.6. The summed E-state index contributed by atoms with van der Waals surface area (Å²) in [6.45, 7) is 1.60. The highest BCUT2D eigenvalue weighted by Crippen LogP contribution is 2.40. The zero-order valence-electron chi connectivity index (χ0n) is 30.0. The number of aliphatic hydroxyl groups is 2. The Balaban J connectivity index is 1.07. The van der Waals surface area contributed by atoms with E-state index in [4.69, 9.17) is 21.1 Å². The van der Waals surface area contributed by atoms with Crippen LogP contribution in [0.2, 0.25) is 5.02 Å². The smallest absolute Gasteiger partial charge is 0.257 e. The molecule has 56 heavy (non-hydrogen) atoms. The number of aliphatic hydroxyl groups excluding tert-OH is 1. The van der Waals surface area contributed by atoms with Gasteiger partial charge in [0.15, 0.2) is 29.6 Å². The second-order valence-electron chi connectivity index (χ2n) is 14.1. The number of hydrogen-bond donors (Lipinski definition) is 3. The molecule has 2 heterocycles. The summed E-state index contributed by atoms with van der Waals surface area (Å²) >= 11 is 6.08. The van der Waals surface area contributed by atoms with Crippen molar-refractivity contribution in [1.29, 1.82) is 0 Å². The predicted molar refractivity (Wildman–Crippen MR) is 199 cm³/mol. The Kier molecular flexibility index (Phi) is 11.9. The van der Waals surface area contributed by atoms with E-state index in [0.717, 1.165) is 33.4 Å². The van der Waals surface area contributed by atoms with E-state index < -0.39 is 52.4 Å². The number of rotatable bonds is 10. The van der Waals surface area contributed by atoms with E-state index in [1.807, 2.05) is 66.7 Å². The molecule has 2 aliphatic heterocycles. The van der Waals surface area contributed by atoms with Crippen molar-refractivity contribution in [3.63, 3.8) is 0 Å². The number of nitrogens with zero attached hydrogens (tertiary/aromatic N) is 1. The van der Waals surface area contributed by atoms with Gasteiger partial charge in [-0.1, -0.05) is 84.4 Å². The quantitative estimate of drug-likeness (QED) is 0.0746. The van der Waals surface area contributed by atoms with E-state index >= 15 is 0 Å². The van der Waals surface area contributed by atoms with Crippen LogP contribution in [0.4, 0.5) is 22.0 Å². The van der Waals surface area contributed by atoms with Crippen LogP contribution in [-0.2, 0) is 28.2 Å². The van der Waals surface area contributed by atoms with Gasteiger partial charge in [-0.3, -0.25) is 4.79 Å². The largest absolute Gasteiger partial charge is 0.392 e. The first-order chi connectivity index (χ1) is 26.9. The molecule has 7 nitrogen and oxygen atoms in total. The highest BCUT2D eigenvalue weighted by atomic mass is 35.5. The first kappa shape index (κ1) is 39.5. The molecule has 292 valence electrons. The number of carbonyl (C=O) groups is 1. The van der Waals surface area contributed by atoms with Gasteiger partial charge in [0.25, 0.3) is 5.91 Å². The van der Waals surface area contributed by atoms with Crippen LogP contribution in [-0.4, -0.2) is 46.8 Å². The second-order valence-corrected chi connectivity index (χ2v) is 14.6. The highest BCUT2D eigenvalue weighted by Gasteiger charge is 2.38. The van der Waals surface area contributed by atoms with E-state index in [9.17, 15) is 37.0 Å². The van der Waals surface area contributed by atoms with Crippen LogP contribution in [0.25, 0.3) is 11.1 Å². The number of benzene rings is 5. The minimum atomic E-state index is -2.34. The number of hydrogen-bond acceptors (Lipinski definition) is 6. The molecule has 5 aromatic rings. The summed E-state index contributed by atoms with van der Waals surface area (Å²) in [5.74, 6) is -12.6. The topological polar surface area (TPSA) is 91.3 Å². The van der Waals surface area contributed by atoms with E-state index in [1.54, 1.807) is 30.3 Å². The van der Waals surface area contributed by atoms with Crippen LogP contribution >= 0.6 is 11.6 Å². The lowest BCUT2D eigenvalue weighted by atomic mass is 9.84. The summed E-state index contributed by atoms with van der Waals surface area (Å²) in [5.41, 5.74) is 2.79. The molecule has 0 aromatic heterocycles. The van der Waals surface area contributed by atoms with Crippen molar-refractivity contribution in [1.82, 2.24) is 10.2 Å². The van der Waals surface area contributed by atoms with Gasteiger partial charge in [0.2, 0.25) is 5.82 Å².